The van der Waals surface area contributed by atoms with Crippen molar-refractivity contribution in [2.45, 2.75) is 44.6 Å². The fourth-order valence-electron chi connectivity index (χ4n) is 1.71. The van der Waals surface area contributed by atoms with Gasteiger partial charge in [0.15, 0.2) is 0 Å². The predicted octanol–water partition coefficient (Wildman–Crippen LogP) is 2.92. The van der Waals surface area contributed by atoms with Crippen LogP contribution in [0.2, 0.25) is 0 Å². The van der Waals surface area contributed by atoms with E-state index in [4.69, 9.17) is 11.2 Å². The van der Waals surface area contributed by atoms with Crippen LogP contribution in [0.25, 0.3) is 0 Å². The van der Waals surface area contributed by atoms with Crippen LogP contribution < -0.4 is 0 Å². The lowest BCUT2D eigenvalue weighted by atomic mass is 9.85. The lowest BCUT2D eigenvalue weighted by molar-refractivity contribution is -0.0137. The second-order valence-electron chi connectivity index (χ2n) is 3.95. The highest BCUT2D eigenvalue weighted by Crippen LogP contribution is 2.31. The van der Waals surface area contributed by atoms with Crippen molar-refractivity contribution in [3.05, 3.63) is 12.2 Å². The molecule has 1 fully saturated rings. The summed E-state index contributed by atoms with van der Waals surface area (Å²) in [6.45, 7) is 6.38. The molecule has 0 amide bonds. The second-order valence-corrected chi connectivity index (χ2v) is 3.95. The van der Waals surface area contributed by atoms with Gasteiger partial charge in [0.05, 0.1) is 6.61 Å². The van der Waals surface area contributed by atoms with E-state index in [-0.39, 0.29) is 5.60 Å². The fraction of sp³-hybridized carbons (Fsp3) is 0.667. The second kappa shape index (κ2) is 4.48. The molecule has 72 valence electrons. The highest BCUT2D eigenvalue weighted by molar-refractivity contribution is 5.10. The van der Waals surface area contributed by atoms with Gasteiger partial charge in [-0.05, 0) is 32.6 Å². The van der Waals surface area contributed by atoms with E-state index in [9.17, 15) is 0 Å². The molecule has 0 unspecified atom stereocenters. The third-order valence-electron chi connectivity index (χ3n) is 2.52. The Hall–Kier alpha value is -0.740. The maximum Gasteiger partial charge on any atom is 0.128 e. The summed E-state index contributed by atoms with van der Waals surface area (Å²) in [5.74, 6) is 2.81. The van der Waals surface area contributed by atoms with Crippen LogP contribution >= 0.6 is 0 Å². The first-order valence-electron chi connectivity index (χ1n) is 4.95. The van der Waals surface area contributed by atoms with Crippen molar-refractivity contribution in [2.75, 3.05) is 6.61 Å². The zero-order valence-electron chi connectivity index (χ0n) is 8.44. The molecule has 0 saturated heterocycles. The predicted molar refractivity (Wildman–Crippen MR) is 55.4 cm³/mol. The number of terminal acetylenes is 1. The van der Waals surface area contributed by atoms with E-state index < -0.39 is 0 Å². The monoisotopic (exact) mass is 178 g/mol. The Morgan fingerprint density at radius 2 is 2.08 bits per heavy atom. The van der Waals surface area contributed by atoms with E-state index in [0.29, 0.717) is 6.61 Å². The van der Waals surface area contributed by atoms with Crippen LogP contribution in [0.3, 0.4) is 0 Å². The van der Waals surface area contributed by atoms with Crippen molar-refractivity contribution in [3.8, 4) is 12.3 Å². The van der Waals surface area contributed by atoms with Crippen molar-refractivity contribution >= 4 is 0 Å². The molecule has 0 atom stereocenters. The van der Waals surface area contributed by atoms with Crippen LogP contribution in [-0.2, 0) is 4.74 Å². The molecule has 1 saturated carbocycles. The Labute approximate surface area is 81.2 Å². The zero-order valence-corrected chi connectivity index (χ0v) is 8.44. The average Bonchev–Trinajstić information content (AvgIpc) is 2.16. The smallest absolute Gasteiger partial charge is 0.128 e. The molecule has 0 aromatic carbocycles. The van der Waals surface area contributed by atoms with Gasteiger partial charge in [-0.2, -0.15) is 0 Å². The number of hydrogen-bond acceptors (Lipinski definition) is 1. The van der Waals surface area contributed by atoms with Crippen LogP contribution in [0.15, 0.2) is 12.2 Å². The van der Waals surface area contributed by atoms with Gasteiger partial charge in [-0.3, -0.25) is 0 Å². The molecule has 0 heterocycles. The minimum atomic E-state index is -0.281. The maximum atomic E-state index is 5.75. The molecule has 0 spiro atoms. The molecular formula is C12H18O. The highest BCUT2D eigenvalue weighted by Gasteiger charge is 2.30. The molecule has 0 aromatic rings. The Kier molecular flexibility index (Phi) is 3.57. The lowest BCUT2D eigenvalue weighted by Gasteiger charge is -2.32. The third-order valence-corrected chi connectivity index (χ3v) is 2.52. The quantitative estimate of drug-likeness (QED) is 0.477. The molecule has 1 nitrogen and oxygen atoms in total. The average molecular weight is 178 g/mol. The molecule has 0 radical (unpaired) electrons. The molecule has 0 N–H and O–H groups in total. The van der Waals surface area contributed by atoms with E-state index in [0.717, 1.165) is 18.4 Å². The van der Waals surface area contributed by atoms with Crippen LogP contribution in [0.5, 0.6) is 0 Å². The zero-order chi connectivity index (χ0) is 9.73. The maximum absolute atomic E-state index is 5.75. The highest BCUT2D eigenvalue weighted by atomic mass is 16.5. The molecule has 1 aliphatic rings. The van der Waals surface area contributed by atoms with Crippen LogP contribution in [-0.4, -0.2) is 12.2 Å². The third kappa shape index (κ3) is 2.90. The summed E-state index contributed by atoms with van der Waals surface area (Å²) in [5.41, 5.74) is 0.761. The largest absolute Gasteiger partial charge is 0.358 e. The Morgan fingerprint density at radius 1 is 1.46 bits per heavy atom. The SMILES string of the molecule is C#CC1(OCC(=C)C)CCCCC1. The summed E-state index contributed by atoms with van der Waals surface area (Å²) >= 11 is 0. The van der Waals surface area contributed by atoms with Crippen molar-refractivity contribution in [1.29, 1.82) is 0 Å². The van der Waals surface area contributed by atoms with Gasteiger partial charge in [0.25, 0.3) is 0 Å². The minimum Gasteiger partial charge on any atom is -0.358 e. The standard InChI is InChI=1S/C12H18O/c1-4-12(13-10-11(2)3)8-6-5-7-9-12/h1H,2,5-10H2,3H3. The summed E-state index contributed by atoms with van der Waals surface area (Å²) in [4.78, 5) is 0. The molecule has 1 heteroatoms. The van der Waals surface area contributed by atoms with Gasteiger partial charge in [0, 0.05) is 0 Å². The van der Waals surface area contributed by atoms with Gasteiger partial charge in [-0.1, -0.05) is 24.5 Å². The number of ether oxygens (including phenoxy) is 1. The lowest BCUT2D eigenvalue weighted by Crippen LogP contribution is -2.33. The van der Waals surface area contributed by atoms with Gasteiger partial charge in [-0.15, -0.1) is 6.42 Å². The Bertz CT molecular complexity index is 216. The summed E-state index contributed by atoms with van der Waals surface area (Å²) in [6.07, 6.45) is 11.2. The van der Waals surface area contributed by atoms with Crippen molar-refractivity contribution in [2.24, 2.45) is 0 Å². The van der Waals surface area contributed by atoms with Gasteiger partial charge < -0.3 is 4.74 Å². The molecule has 0 aromatic heterocycles. The topological polar surface area (TPSA) is 9.23 Å². The van der Waals surface area contributed by atoms with E-state index in [2.05, 4.69) is 12.5 Å². The molecule has 0 aliphatic heterocycles. The first-order valence-corrected chi connectivity index (χ1v) is 4.95. The molecule has 1 aliphatic carbocycles. The van der Waals surface area contributed by atoms with Crippen LogP contribution in [0.4, 0.5) is 0 Å². The normalized spacial score (nSPS) is 20.6. The summed E-state index contributed by atoms with van der Waals surface area (Å²) < 4.78 is 5.75. The molecule has 0 bridgehead atoms. The number of hydrogen-bond donors (Lipinski definition) is 0. The Morgan fingerprint density at radius 3 is 2.54 bits per heavy atom. The first-order chi connectivity index (χ1) is 6.18. The summed E-state index contributed by atoms with van der Waals surface area (Å²) in [5, 5.41) is 0. The van der Waals surface area contributed by atoms with E-state index in [1.807, 2.05) is 6.92 Å². The summed E-state index contributed by atoms with van der Waals surface area (Å²) in [7, 11) is 0. The molecular weight excluding hydrogens is 160 g/mol. The van der Waals surface area contributed by atoms with Gasteiger partial charge in [0.2, 0.25) is 0 Å². The summed E-state index contributed by atoms with van der Waals surface area (Å²) in [6, 6.07) is 0. The van der Waals surface area contributed by atoms with E-state index in [1.165, 1.54) is 19.3 Å². The van der Waals surface area contributed by atoms with Crippen molar-refractivity contribution in [3.63, 3.8) is 0 Å². The molecule has 1 rings (SSSR count). The minimum absolute atomic E-state index is 0.281. The van der Waals surface area contributed by atoms with Gasteiger partial charge in [0.1, 0.15) is 5.60 Å². The van der Waals surface area contributed by atoms with Crippen molar-refractivity contribution in [1.82, 2.24) is 0 Å². The van der Waals surface area contributed by atoms with E-state index in [1.54, 1.807) is 0 Å². The number of rotatable bonds is 3. The Balaban J connectivity index is 2.49. The first kappa shape index (κ1) is 10.3. The van der Waals surface area contributed by atoms with Crippen LogP contribution in [0.1, 0.15) is 39.0 Å². The molecule has 13 heavy (non-hydrogen) atoms. The van der Waals surface area contributed by atoms with E-state index >= 15 is 0 Å². The van der Waals surface area contributed by atoms with Crippen LogP contribution in [0, 0.1) is 12.3 Å². The van der Waals surface area contributed by atoms with Gasteiger partial charge in [-0.25, -0.2) is 0 Å². The van der Waals surface area contributed by atoms with Gasteiger partial charge >= 0.3 is 0 Å². The fourth-order valence-corrected chi connectivity index (χ4v) is 1.71. The van der Waals surface area contributed by atoms with Crippen molar-refractivity contribution < 1.29 is 4.74 Å².